The lowest BCUT2D eigenvalue weighted by molar-refractivity contribution is 0.0954. The van der Waals surface area contributed by atoms with E-state index in [0.29, 0.717) is 34.0 Å². The van der Waals surface area contributed by atoms with Gasteiger partial charge in [-0.1, -0.05) is 43.6 Å². The summed E-state index contributed by atoms with van der Waals surface area (Å²) in [5.41, 5.74) is 5.43. The molecule has 8 heteroatoms. The van der Waals surface area contributed by atoms with Crippen LogP contribution < -0.4 is 10.6 Å². The molecule has 0 aliphatic heterocycles. The fourth-order valence-corrected chi connectivity index (χ4v) is 5.65. The highest BCUT2D eigenvalue weighted by Crippen LogP contribution is 2.41. The van der Waals surface area contributed by atoms with Gasteiger partial charge in [0, 0.05) is 40.1 Å². The quantitative estimate of drug-likeness (QED) is 0.212. The van der Waals surface area contributed by atoms with E-state index >= 15 is 0 Å². The normalized spacial score (nSPS) is 14.8. The van der Waals surface area contributed by atoms with Gasteiger partial charge in [0.1, 0.15) is 5.82 Å². The third-order valence-corrected chi connectivity index (χ3v) is 8.01. The van der Waals surface area contributed by atoms with Crippen LogP contribution in [-0.2, 0) is 6.42 Å². The molecule has 4 aromatic rings. The molecule has 1 atom stereocenters. The maximum Gasteiger partial charge on any atom is 0.256 e. The lowest BCUT2D eigenvalue weighted by Gasteiger charge is -2.22. The van der Waals surface area contributed by atoms with Crippen molar-refractivity contribution in [3.63, 3.8) is 0 Å². The van der Waals surface area contributed by atoms with Gasteiger partial charge in [0.15, 0.2) is 5.78 Å². The maximum absolute atomic E-state index is 13.4. The Morgan fingerprint density at radius 3 is 2.61 bits per heavy atom. The van der Waals surface area contributed by atoms with Crippen molar-refractivity contribution in [2.75, 3.05) is 16.4 Å². The highest BCUT2D eigenvalue weighted by atomic mass is 35.5. The summed E-state index contributed by atoms with van der Waals surface area (Å²) in [6, 6.07) is 20.2. The van der Waals surface area contributed by atoms with Gasteiger partial charge in [-0.25, -0.2) is 4.98 Å². The zero-order chi connectivity index (χ0) is 26.6. The van der Waals surface area contributed by atoms with Crippen LogP contribution in [-0.4, -0.2) is 32.7 Å². The van der Waals surface area contributed by atoms with E-state index in [-0.39, 0.29) is 11.7 Å². The average Bonchev–Trinajstić information content (AvgIpc) is 3.27. The summed E-state index contributed by atoms with van der Waals surface area (Å²) >= 11 is 7.85. The largest absolute Gasteiger partial charge is 0.356 e. The summed E-state index contributed by atoms with van der Waals surface area (Å²) in [6.07, 6.45) is 3.00. The van der Waals surface area contributed by atoms with Gasteiger partial charge in [0.2, 0.25) is 0 Å². The van der Waals surface area contributed by atoms with Crippen LogP contribution in [0.4, 0.5) is 17.2 Å². The molecular weight excluding hydrogens is 516 g/mol. The van der Waals surface area contributed by atoms with E-state index in [2.05, 4.69) is 34.4 Å². The van der Waals surface area contributed by atoms with E-state index in [9.17, 15) is 9.59 Å². The molecule has 1 amide bonds. The van der Waals surface area contributed by atoms with E-state index < -0.39 is 0 Å². The summed E-state index contributed by atoms with van der Waals surface area (Å²) in [4.78, 5) is 34.1. The maximum atomic E-state index is 13.4. The lowest BCUT2D eigenvalue weighted by atomic mass is 9.87. The first-order chi connectivity index (χ1) is 18.4. The number of nitrogens with one attached hydrogen (secondary N) is 3. The van der Waals surface area contributed by atoms with Crippen LogP contribution in [0.25, 0.3) is 11.3 Å². The molecule has 1 unspecified atom stereocenters. The number of carbonyl (C=O) groups excluding carboxylic acids is 2. The SMILES string of the molecule is CC(C)SCC1CC(=O)c2c([nH]c(-c3ccnc(NC(=O)c4ccc(Cl)cc4)c3)c2Nc2ccccc2)C1. The average molecular weight is 545 g/mol. The van der Waals surface area contributed by atoms with Crippen LogP contribution >= 0.6 is 23.4 Å². The second kappa shape index (κ2) is 11.5. The number of anilines is 3. The fraction of sp³-hybridized carbons (Fsp3) is 0.233. The number of Topliss-reactive ketones (excluding diaryl/α,β-unsaturated/α-hetero) is 1. The first-order valence-electron chi connectivity index (χ1n) is 12.6. The van der Waals surface area contributed by atoms with Crippen molar-refractivity contribution in [1.29, 1.82) is 0 Å². The van der Waals surface area contributed by atoms with Crippen LogP contribution in [0.5, 0.6) is 0 Å². The van der Waals surface area contributed by atoms with Gasteiger partial charge in [-0.3, -0.25) is 9.59 Å². The Morgan fingerprint density at radius 1 is 1.11 bits per heavy atom. The van der Waals surface area contributed by atoms with Gasteiger partial charge in [-0.15, -0.1) is 0 Å². The van der Waals surface area contributed by atoms with Gasteiger partial charge >= 0.3 is 0 Å². The molecular formula is C30H29ClN4O2S. The number of para-hydroxylation sites is 1. The number of aromatic nitrogens is 2. The van der Waals surface area contributed by atoms with Gasteiger partial charge in [0.25, 0.3) is 5.91 Å². The lowest BCUT2D eigenvalue weighted by Crippen LogP contribution is -2.22. The van der Waals surface area contributed by atoms with Crippen molar-refractivity contribution in [2.24, 2.45) is 5.92 Å². The number of nitrogens with zero attached hydrogens (tertiary/aromatic N) is 1. The fourth-order valence-electron chi connectivity index (χ4n) is 4.64. The van der Waals surface area contributed by atoms with Crippen molar-refractivity contribution in [1.82, 2.24) is 9.97 Å². The number of thioether (sulfide) groups is 1. The second-order valence-electron chi connectivity index (χ2n) is 9.69. The molecule has 0 spiro atoms. The third kappa shape index (κ3) is 5.95. The highest BCUT2D eigenvalue weighted by Gasteiger charge is 2.32. The molecule has 3 N–H and O–H groups in total. The Morgan fingerprint density at radius 2 is 1.87 bits per heavy atom. The molecule has 2 heterocycles. The smallest absolute Gasteiger partial charge is 0.256 e. The van der Waals surface area contributed by atoms with Crippen molar-refractivity contribution >= 4 is 52.2 Å². The van der Waals surface area contributed by atoms with E-state index in [1.807, 2.05) is 54.2 Å². The van der Waals surface area contributed by atoms with Crippen LogP contribution in [0.15, 0.2) is 72.9 Å². The Balaban J connectivity index is 1.49. The zero-order valence-electron chi connectivity index (χ0n) is 21.3. The number of benzene rings is 2. The number of hydrogen-bond donors (Lipinski definition) is 3. The van der Waals surface area contributed by atoms with Crippen molar-refractivity contribution in [3.05, 3.63) is 94.8 Å². The van der Waals surface area contributed by atoms with Gasteiger partial charge in [-0.2, -0.15) is 11.8 Å². The number of rotatable bonds is 8. The molecule has 0 fully saturated rings. The first kappa shape index (κ1) is 26.1. The minimum atomic E-state index is -0.277. The summed E-state index contributed by atoms with van der Waals surface area (Å²) in [7, 11) is 0. The number of H-pyrrole nitrogens is 1. The highest BCUT2D eigenvalue weighted by molar-refractivity contribution is 7.99. The van der Waals surface area contributed by atoms with Crippen molar-refractivity contribution in [3.8, 4) is 11.3 Å². The molecule has 0 saturated heterocycles. The van der Waals surface area contributed by atoms with Crippen LogP contribution in [0.1, 0.15) is 46.7 Å². The number of carbonyl (C=O) groups is 2. The van der Waals surface area contributed by atoms with E-state index in [1.54, 1.807) is 30.5 Å². The van der Waals surface area contributed by atoms with Gasteiger partial charge < -0.3 is 15.6 Å². The molecule has 1 aliphatic rings. The Kier molecular flexibility index (Phi) is 7.86. The Bertz CT molecular complexity index is 1450. The number of hydrogen-bond acceptors (Lipinski definition) is 5. The zero-order valence-corrected chi connectivity index (χ0v) is 22.8. The summed E-state index contributed by atoms with van der Waals surface area (Å²) in [5.74, 6) is 1.53. The third-order valence-electron chi connectivity index (χ3n) is 6.43. The number of pyridine rings is 1. The minimum Gasteiger partial charge on any atom is -0.356 e. The predicted octanol–water partition coefficient (Wildman–Crippen LogP) is 7.61. The number of halogens is 1. The summed E-state index contributed by atoms with van der Waals surface area (Å²) in [6.45, 7) is 4.37. The van der Waals surface area contributed by atoms with E-state index in [0.717, 1.165) is 46.1 Å². The molecule has 1 aliphatic carbocycles. The Hall–Kier alpha value is -3.55. The van der Waals surface area contributed by atoms with Crippen LogP contribution in [0, 0.1) is 5.92 Å². The Labute approximate surface area is 231 Å². The summed E-state index contributed by atoms with van der Waals surface area (Å²) < 4.78 is 0. The van der Waals surface area contributed by atoms with E-state index in [1.165, 1.54) is 0 Å². The van der Waals surface area contributed by atoms with Crippen LogP contribution in [0.3, 0.4) is 0 Å². The first-order valence-corrected chi connectivity index (χ1v) is 14.0. The standard InChI is InChI=1S/C30H29ClN4O2S/c1-18(2)38-17-19-14-24-27(25(36)15-19)29(33-23-6-4-3-5-7-23)28(34-24)21-12-13-32-26(16-21)35-30(37)20-8-10-22(31)11-9-20/h3-13,16,18-19,33-34H,14-15,17H2,1-2H3,(H,32,35,37). The van der Waals surface area contributed by atoms with Crippen LogP contribution in [0.2, 0.25) is 5.02 Å². The number of fused-ring (bicyclic) bond motifs is 1. The second-order valence-corrected chi connectivity index (χ2v) is 11.7. The molecule has 5 rings (SSSR count). The van der Waals surface area contributed by atoms with Crippen molar-refractivity contribution < 1.29 is 9.59 Å². The molecule has 0 saturated carbocycles. The topological polar surface area (TPSA) is 86.9 Å². The van der Waals surface area contributed by atoms with Gasteiger partial charge in [-0.05, 0) is 71.9 Å². The monoisotopic (exact) mass is 544 g/mol. The molecule has 194 valence electrons. The van der Waals surface area contributed by atoms with Crippen molar-refractivity contribution in [2.45, 2.75) is 31.9 Å². The van der Waals surface area contributed by atoms with E-state index in [4.69, 9.17) is 11.6 Å². The molecule has 0 radical (unpaired) electrons. The number of ketones is 1. The van der Waals surface area contributed by atoms with Gasteiger partial charge in [0.05, 0.1) is 16.9 Å². The molecule has 38 heavy (non-hydrogen) atoms. The molecule has 2 aromatic heterocycles. The molecule has 6 nitrogen and oxygen atoms in total. The number of aromatic amines is 1. The minimum absolute atomic E-state index is 0.145. The summed E-state index contributed by atoms with van der Waals surface area (Å²) in [5, 5.41) is 7.45. The number of amides is 1. The molecule has 0 bridgehead atoms. The molecule has 2 aromatic carbocycles. The predicted molar refractivity (Wildman–Crippen MR) is 157 cm³/mol.